The highest BCUT2D eigenvalue weighted by atomic mass is 19.1. The van der Waals surface area contributed by atoms with Crippen molar-refractivity contribution < 1.29 is 14.3 Å². The summed E-state index contributed by atoms with van der Waals surface area (Å²) in [5.74, 6) is -0.652. The summed E-state index contributed by atoms with van der Waals surface area (Å²) in [4.78, 5) is 0. The van der Waals surface area contributed by atoms with E-state index in [9.17, 15) is 8.78 Å². The molecule has 0 aliphatic rings. The van der Waals surface area contributed by atoms with Crippen molar-refractivity contribution in [1.29, 1.82) is 0 Å². The van der Waals surface area contributed by atoms with Crippen LogP contribution in [-0.2, 0) is 0 Å². The molecule has 0 fully saturated rings. The van der Waals surface area contributed by atoms with Crippen LogP contribution < -0.4 is 0 Å². The molecular weight excluding hydrogens is 250 g/mol. The first-order valence-electron chi connectivity index (χ1n) is 5.31. The highest BCUT2D eigenvalue weighted by Gasteiger charge is 1.91. The van der Waals surface area contributed by atoms with Crippen LogP contribution in [0.5, 0.6) is 0 Å². The number of hydrogen-bond donors (Lipinski definition) is 0. The largest absolute Gasteiger partial charge is 0.412 e. The van der Waals surface area contributed by atoms with Crippen molar-refractivity contribution in [3.63, 3.8) is 0 Å². The lowest BCUT2D eigenvalue weighted by molar-refractivity contribution is 0.627. The van der Waals surface area contributed by atoms with Crippen LogP contribution >= 0.6 is 0 Å². The Morgan fingerprint density at radius 3 is 1.53 bits per heavy atom. The molecule has 0 saturated heterocycles. The molecule has 0 aliphatic heterocycles. The molecule has 19 heavy (non-hydrogen) atoms. The Kier molecular flexibility index (Phi) is 5.50. The fourth-order valence-electron chi connectivity index (χ4n) is 1.37. The van der Waals surface area contributed by atoms with Crippen LogP contribution in [0.3, 0.4) is 0 Å². The summed E-state index contributed by atoms with van der Waals surface area (Å²) in [6.45, 7) is 0. The minimum Gasteiger partial charge on any atom is -0.412 e. The Labute approximate surface area is 109 Å². The standard InChI is InChI=1S/C14H10F2N2.H2O/c15-13-5-1-3-11(7-13)9-17-18-10-12-4-2-6-14(16)8-12;/h1-10H;1H2. The fraction of sp³-hybridized carbons (Fsp3) is 0. The van der Waals surface area contributed by atoms with Gasteiger partial charge in [0, 0.05) is 0 Å². The second-order valence-electron chi connectivity index (χ2n) is 3.60. The van der Waals surface area contributed by atoms with E-state index in [1.807, 2.05) is 0 Å². The molecule has 0 saturated carbocycles. The fourth-order valence-corrected chi connectivity index (χ4v) is 1.37. The summed E-state index contributed by atoms with van der Waals surface area (Å²) < 4.78 is 25.7. The third kappa shape index (κ3) is 4.77. The Balaban J connectivity index is 0.00000180. The lowest BCUT2D eigenvalue weighted by Crippen LogP contribution is -1.83. The van der Waals surface area contributed by atoms with Crippen LogP contribution in [-0.4, -0.2) is 17.9 Å². The molecule has 0 bridgehead atoms. The van der Waals surface area contributed by atoms with E-state index in [0.29, 0.717) is 11.1 Å². The summed E-state index contributed by atoms with van der Waals surface area (Å²) in [5.41, 5.74) is 1.23. The average molecular weight is 262 g/mol. The molecule has 2 aromatic rings. The van der Waals surface area contributed by atoms with Crippen LogP contribution in [0, 0.1) is 11.6 Å². The molecule has 0 amide bonds. The Bertz CT molecular complexity index is 544. The maximum absolute atomic E-state index is 12.8. The van der Waals surface area contributed by atoms with Crippen molar-refractivity contribution >= 4 is 12.4 Å². The molecule has 0 heterocycles. The van der Waals surface area contributed by atoms with Gasteiger partial charge in [-0.1, -0.05) is 24.3 Å². The zero-order valence-corrected chi connectivity index (χ0v) is 9.92. The molecule has 0 unspecified atom stereocenters. The Morgan fingerprint density at radius 2 is 1.16 bits per heavy atom. The summed E-state index contributed by atoms with van der Waals surface area (Å²) in [6.07, 6.45) is 2.86. The average Bonchev–Trinajstić information content (AvgIpc) is 2.35. The molecule has 2 rings (SSSR count). The second-order valence-corrected chi connectivity index (χ2v) is 3.60. The molecule has 2 aromatic carbocycles. The SMILES string of the molecule is Fc1cccc(C=NN=Cc2cccc(F)c2)c1.O. The quantitative estimate of drug-likeness (QED) is 0.603. The van der Waals surface area contributed by atoms with Gasteiger partial charge in [-0.3, -0.25) is 0 Å². The van der Waals surface area contributed by atoms with Gasteiger partial charge in [0.2, 0.25) is 0 Å². The van der Waals surface area contributed by atoms with Gasteiger partial charge >= 0.3 is 0 Å². The molecule has 2 N–H and O–H groups in total. The third-order valence-corrected chi connectivity index (χ3v) is 2.18. The predicted molar refractivity (Wildman–Crippen MR) is 71.6 cm³/mol. The van der Waals surface area contributed by atoms with Gasteiger partial charge in [-0.15, -0.1) is 0 Å². The first-order valence-corrected chi connectivity index (χ1v) is 5.31. The van der Waals surface area contributed by atoms with E-state index in [0.717, 1.165) is 0 Å². The van der Waals surface area contributed by atoms with Crippen LogP contribution in [0.4, 0.5) is 8.78 Å². The van der Waals surface area contributed by atoms with E-state index in [2.05, 4.69) is 10.2 Å². The van der Waals surface area contributed by atoms with Gasteiger partial charge in [0.25, 0.3) is 0 Å². The zero-order chi connectivity index (χ0) is 12.8. The predicted octanol–water partition coefficient (Wildman–Crippen LogP) is 2.59. The number of halogens is 2. The minimum absolute atomic E-state index is 0. The third-order valence-electron chi connectivity index (χ3n) is 2.18. The summed E-state index contributed by atoms with van der Waals surface area (Å²) >= 11 is 0. The number of hydrogen-bond acceptors (Lipinski definition) is 2. The van der Waals surface area contributed by atoms with Crippen molar-refractivity contribution in [1.82, 2.24) is 0 Å². The van der Waals surface area contributed by atoms with E-state index >= 15 is 0 Å². The van der Waals surface area contributed by atoms with Gasteiger partial charge in [0.15, 0.2) is 0 Å². The Morgan fingerprint density at radius 1 is 0.737 bits per heavy atom. The van der Waals surface area contributed by atoms with Crippen molar-refractivity contribution in [3.8, 4) is 0 Å². The van der Waals surface area contributed by atoms with Crippen molar-refractivity contribution in [2.75, 3.05) is 0 Å². The van der Waals surface area contributed by atoms with Crippen LogP contribution in [0.25, 0.3) is 0 Å². The van der Waals surface area contributed by atoms with E-state index in [4.69, 9.17) is 0 Å². The van der Waals surface area contributed by atoms with Crippen LogP contribution in [0.1, 0.15) is 11.1 Å². The van der Waals surface area contributed by atoms with Gasteiger partial charge in [-0.2, -0.15) is 10.2 Å². The maximum Gasteiger partial charge on any atom is 0.123 e. The molecular formula is C14H12F2N2O. The van der Waals surface area contributed by atoms with E-state index < -0.39 is 0 Å². The second kappa shape index (κ2) is 7.13. The van der Waals surface area contributed by atoms with Gasteiger partial charge in [-0.25, -0.2) is 8.78 Å². The summed E-state index contributed by atoms with van der Waals surface area (Å²) in [7, 11) is 0. The normalized spacial score (nSPS) is 10.8. The maximum atomic E-state index is 12.8. The molecule has 98 valence electrons. The van der Waals surface area contributed by atoms with Crippen molar-refractivity contribution in [3.05, 3.63) is 71.3 Å². The summed E-state index contributed by atoms with van der Waals surface area (Å²) in [5, 5.41) is 7.53. The number of benzene rings is 2. The zero-order valence-electron chi connectivity index (χ0n) is 9.92. The topological polar surface area (TPSA) is 56.2 Å². The number of rotatable bonds is 3. The lowest BCUT2D eigenvalue weighted by atomic mass is 10.2. The van der Waals surface area contributed by atoms with Gasteiger partial charge in [0.1, 0.15) is 11.6 Å². The van der Waals surface area contributed by atoms with Crippen molar-refractivity contribution in [2.24, 2.45) is 10.2 Å². The van der Waals surface area contributed by atoms with Crippen LogP contribution in [0.2, 0.25) is 0 Å². The molecule has 0 aliphatic carbocycles. The van der Waals surface area contributed by atoms with Gasteiger partial charge < -0.3 is 5.48 Å². The molecule has 0 aromatic heterocycles. The first kappa shape index (κ1) is 14.7. The Hall–Kier alpha value is -2.40. The van der Waals surface area contributed by atoms with Crippen LogP contribution in [0.15, 0.2) is 58.7 Å². The monoisotopic (exact) mass is 262 g/mol. The number of nitrogens with zero attached hydrogens (tertiary/aromatic N) is 2. The smallest absolute Gasteiger partial charge is 0.123 e. The molecule has 0 spiro atoms. The van der Waals surface area contributed by atoms with E-state index in [-0.39, 0.29) is 17.1 Å². The molecule has 3 nitrogen and oxygen atoms in total. The summed E-state index contributed by atoms with van der Waals surface area (Å²) in [6, 6.07) is 12.0. The highest BCUT2D eigenvalue weighted by Crippen LogP contribution is 2.02. The molecule has 0 atom stereocenters. The lowest BCUT2D eigenvalue weighted by Gasteiger charge is -1.91. The van der Waals surface area contributed by atoms with Crippen molar-refractivity contribution in [2.45, 2.75) is 0 Å². The molecule has 5 heteroatoms. The highest BCUT2D eigenvalue weighted by molar-refractivity contribution is 5.82. The van der Waals surface area contributed by atoms with Gasteiger partial charge in [-0.05, 0) is 35.4 Å². The van der Waals surface area contributed by atoms with E-state index in [1.165, 1.54) is 36.7 Å². The minimum atomic E-state index is -0.326. The van der Waals surface area contributed by atoms with E-state index in [1.54, 1.807) is 24.3 Å². The van der Waals surface area contributed by atoms with Gasteiger partial charge in [0.05, 0.1) is 12.4 Å². The molecule has 0 radical (unpaired) electrons. The first-order chi connectivity index (χ1) is 8.74.